The summed E-state index contributed by atoms with van der Waals surface area (Å²) in [6.07, 6.45) is 0.784. The molecule has 0 saturated carbocycles. The van der Waals surface area contributed by atoms with E-state index in [0.717, 1.165) is 6.08 Å². The van der Waals surface area contributed by atoms with E-state index in [2.05, 4.69) is 20.7 Å². The van der Waals surface area contributed by atoms with E-state index in [9.17, 15) is 9.18 Å². The lowest BCUT2D eigenvalue weighted by Gasteiger charge is -2.08. The Labute approximate surface area is 98.1 Å². The summed E-state index contributed by atoms with van der Waals surface area (Å²) in [4.78, 5) is 11.0. The molecule has 0 aromatic rings. The number of allylic oxidation sites excluding steroid dienone is 2. The zero-order chi connectivity index (χ0) is 10.6. The van der Waals surface area contributed by atoms with Gasteiger partial charge < -0.3 is 4.74 Å². The molecule has 1 atom stereocenters. The average Bonchev–Trinajstić information content (AvgIpc) is 1.96. The lowest BCUT2D eigenvalue weighted by molar-refractivity contribution is -0.114. The van der Waals surface area contributed by atoms with E-state index >= 15 is 0 Å². The molecule has 7 heteroatoms. The van der Waals surface area contributed by atoms with Crippen molar-refractivity contribution in [2.24, 2.45) is 0 Å². The monoisotopic (exact) mass is 312 g/mol. The van der Waals surface area contributed by atoms with Crippen LogP contribution in [-0.4, -0.2) is 21.8 Å². The zero-order valence-corrected chi connectivity index (χ0v) is 10.2. The van der Waals surface area contributed by atoms with Crippen LogP contribution in [0.5, 0.6) is 0 Å². The van der Waals surface area contributed by atoms with Gasteiger partial charge in [0.2, 0.25) is 10.9 Å². The predicted octanol–water partition coefficient (Wildman–Crippen LogP) is 3.15. The number of alkyl halides is 5. The molecular formula is C6H5BrCl3FO2. The van der Waals surface area contributed by atoms with Crippen molar-refractivity contribution in [3.8, 4) is 0 Å². The molecule has 1 unspecified atom stereocenters. The van der Waals surface area contributed by atoms with Crippen LogP contribution in [-0.2, 0) is 9.53 Å². The van der Waals surface area contributed by atoms with Gasteiger partial charge >= 0.3 is 0 Å². The number of hydrogen-bond donors (Lipinski definition) is 0. The summed E-state index contributed by atoms with van der Waals surface area (Å²) in [5, 5.41) is -1.60. The van der Waals surface area contributed by atoms with Crippen molar-refractivity contribution in [3.05, 3.63) is 11.8 Å². The SMILES string of the molecule is COC(=CC(=O)C(Cl)(Cl)Cl)C(F)Br. The third-order valence-electron chi connectivity index (χ3n) is 1.00. The quantitative estimate of drug-likeness (QED) is 0.454. The highest BCUT2D eigenvalue weighted by Gasteiger charge is 2.29. The van der Waals surface area contributed by atoms with Gasteiger partial charge in [0, 0.05) is 6.08 Å². The number of hydrogen-bond acceptors (Lipinski definition) is 2. The lowest BCUT2D eigenvalue weighted by Crippen LogP contribution is -2.17. The second kappa shape index (κ2) is 5.39. The molecule has 0 aliphatic rings. The Hall–Kier alpha value is 0.490. The zero-order valence-electron chi connectivity index (χ0n) is 6.36. The lowest BCUT2D eigenvalue weighted by atomic mass is 10.3. The minimum Gasteiger partial charge on any atom is -0.497 e. The van der Waals surface area contributed by atoms with E-state index in [1.807, 2.05) is 0 Å². The van der Waals surface area contributed by atoms with E-state index in [4.69, 9.17) is 34.8 Å². The van der Waals surface area contributed by atoms with Crippen LogP contribution in [0, 0.1) is 0 Å². The Kier molecular flexibility index (Phi) is 5.59. The van der Waals surface area contributed by atoms with Gasteiger partial charge in [-0.25, -0.2) is 4.39 Å². The molecule has 0 N–H and O–H groups in total. The molecule has 0 spiro atoms. The Bertz CT molecular complexity index is 224. The topological polar surface area (TPSA) is 26.3 Å². The molecule has 0 aromatic heterocycles. The van der Waals surface area contributed by atoms with Crippen LogP contribution in [0.3, 0.4) is 0 Å². The van der Waals surface area contributed by atoms with Gasteiger partial charge in [0.25, 0.3) is 3.79 Å². The maximum Gasteiger partial charge on any atom is 0.252 e. The molecule has 0 bridgehead atoms. The first-order chi connectivity index (χ1) is 5.79. The summed E-state index contributed by atoms with van der Waals surface area (Å²) in [6.45, 7) is 0. The third-order valence-corrected chi connectivity index (χ3v) is 2.01. The van der Waals surface area contributed by atoms with E-state index in [0.29, 0.717) is 0 Å². The summed E-state index contributed by atoms with van der Waals surface area (Å²) < 4.78 is 15.0. The average molecular weight is 314 g/mol. The van der Waals surface area contributed by atoms with Crippen LogP contribution < -0.4 is 0 Å². The first-order valence-corrected chi connectivity index (χ1v) is 4.99. The van der Waals surface area contributed by atoms with Crippen molar-refractivity contribution in [1.82, 2.24) is 0 Å². The van der Waals surface area contributed by atoms with Crippen molar-refractivity contribution in [2.75, 3.05) is 7.11 Å². The minimum atomic E-state index is -2.09. The van der Waals surface area contributed by atoms with Crippen LogP contribution in [0.25, 0.3) is 0 Å². The first kappa shape index (κ1) is 13.5. The van der Waals surface area contributed by atoms with Crippen molar-refractivity contribution in [2.45, 2.75) is 8.87 Å². The summed E-state index contributed by atoms with van der Waals surface area (Å²) in [7, 11) is 1.20. The van der Waals surface area contributed by atoms with Crippen LogP contribution in [0.15, 0.2) is 11.8 Å². The number of ether oxygens (including phenoxy) is 1. The molecule has 0 saturated heterocycles. The molecule has 0 heterocycles. The smallest absolute Gasteiger partial charge is 0.252 e. The fourth-order valence-electron chi connectivity index (χ4n) is 0.422. The Morgan fingerprint density at radius 3 is 2.31 bits per heavy atom. The molecule has 0 rings (SSSR count). The van der Waals surface area contributed by atoms with Crippen LogP contribution in [0.4, 0.5) is 4.39 Å². The maximum atomic E-state index is 12.6. The van der Waals surface area contributed by atoms with Gasteiger partial charge in [-0.1, -0.05) is 34.8 Å². The Morgan fingerprint density at radius 2 is 2.08 bits per heavy atom. The molecule has 2 nitrogen and oxygen atoms in total. The maximum absolute atomic E-state index is 12.6. The molecule has 0 fully saturated rings. The number of carbonyl (C=O) groups is 1. The first-order valence-electron chi connectivity index (χ1n) is 2.94. The van der Waals surface area contributed by atoms with Crippen LogP contribution in [0.2, 0.25) is 0 Å². The molecule has 0 aliphatic heterocycles. The van der Waals surface area contributed by atoms with Crippen LogP contribution in [0.1, 0.15) is 0 Å². The predicted molar refractivity (Wildman–Crippen MR) is 54.2 cm³/mol. The number of halogens is 5. The highest BCUT2D eigenvalue weighted by atomic mass is 79.9. The second-order valence-electron chi connectivity index (χ2n) is 1.91. The van der Waals surface area contributed by atoms with Crippen molar-refractivity contribution < 1.29 is 13.9 Å². The van der Waals surface area contributed by atoms with Gasteiger partial charge in [-0.3, -0.25) is 4.79 Å². The number of methoxy groups -OCH3 is 1. The molecule has 13 heavy (non-hydrogen) atoms. The molecule has 76 valence electrons. The van der Waals surface area contributed by atoms with Gasteiger partial charge in [0.1, 0.15) is 5.76 Å². The minimum absolute atomic E-state index is 0.253. The molecule has 0 aromatic carbocycles. The number of rotatable bonds is 3. The summed E-state index contributed by atoms with van der Waals surface area (Å²) in [5.41, 5.74) is 0. The Balaban J connectivity index is 4.62. The highest BCUT2D eigenvalue weighted by Crippen LogP contribution is 2.28. The highest BCUT2D eigenvalue weighted by molar-refractivity contribution is 9.09. The third kappa shape index (κ3) is 5.05. The van der Waals surface area contributed by atoms with E-state index in [1.165, 1.54) is 7.11 Å². The standard InChI is InChI=1S/C6H5BrCl3FO2/c1-13-3(5(7)11)2-4(12)6(8,9)10/h2,5H,1H3. The molecule has 0 aliphatic carbocycles. The molecule has 0 amide bonds. The van der Waals surface area contributed by atoms with Crippen molar-refractivity contribution >= 4 is 56.5 Å². The van der Waals surface area contributed by atoms with E-state index in [-0.39, 0.29) is 5.76 Å². The van der Waals surface area contributed by atoms with Crippen LogP contribution >= 0.6 is 50.7 Å². The summed E-state index contributed by atoms with van der Waals surface area (Å²) >= 11 is 18.3. The van der Waals surface area contributed by atoms with Crippen molar-refractivity contribution in [1.29, 1.82) is 0 Å². The van der Waals surface area contributed by atoms with Gasteiger partial charge in [-0.05, 0) is 15.9 Å². The second-order valence-corrected chi connectivity index (χ2v) is 5.00. The van der Waals surface area contributed by atoms with E-state index < -0.39 is 14.7 Å². The van der Waals surface area contributed by atoms with Gasteiger partial charge in [0.15, 0.2) is 0 Å². The van der Waals surface area contributed by atoms with Gasteiger partial charge in [0.05, 0.1) is 7.11 Å². The van der Waals surface area contributed by atoms with E-state index in [1.54, 1.807) is 0 Å². The van der Waals surface area contributed by atoms with Gasteiger partial charge in [-0.15, -0.1) is 0 Å². The van der Waals surface area contributed by atoms with Gasteiger partial charge in [-0.2, -0.15) is 0 Å². The fourth-order valence-corrected chi connectivity index (χ4v) is 0.905. The number of carbonyl (C=O) groups excluding carboxylic acids is 1. The Morgan fingerprint density at radius 1 is 1.62 bits per heavy atom. The van der Waals surface area contributed by atoms with Crippen molar-refractivity contribution in [3.63, 3.8) is 0 Å². The number of ketones is 1. The normalized spacial score (nSPS) is 15.4. The largest absolute Gasteiger partial charge is 0.497 e. The molecule has 0 radical (unpaired) electrons. The molecular weight excluding hydrogens is 309 g/mol. The summed E-state index contributed by atoms with van der Waals surface area (Å²) in [6, 6.07) is 0. The fraction of sp³-hybridized carbons (Fsp3) is 0.500. The summed E-state index contributed by atoms with van der Waals surface area (Å²) in [5.74, 6) is -1.12.